The first-order valence-electron chi connectivity index (χ1n) is 5.57. The summed E-state index contributed by atoms with van der Waals surface area (Å²) in [4.78, 5) is 0. The molecule has 2 aromatic carbocycles. The molecule has 18 heavy (non-hydrogen) atoms. The Hall–Kier alpha value is -2.62. The molecule has 0 aliphatic heterocycles. The first-order chi connectivity index (χ1) is 8.86. The second kappa shape index (κ2) is 4.33. The van der Waals surface area contributed by atoms with E-state index in [1.165, 1.54) is 6.39 Å². The molecule has 0 atom stereocenters. The van der Waals surface area contributed by atoms with Crippen molar-refractivity contribution < 1.29 is 4.42 Å². The lowest BCUT2D eigenvalue weighted by Gasteiger charge is -2.08. The van der Waals surface area contributed by atoms with Crippen molar-refractivity contribution in [1.82, 2.24) is 10.2 Å². The van der Waals surface area contributed by atoms with Gasteiger partial charge in [-0.3, -0.25) is 0 Å². The van der Waals surface area contributed by atoms with Crippen molar-refractivity contribution in [3.05, 3.63) is 54.9 Å². The second-order valence-corrected chi connectivity index (χ2v) is 3.88. The van der Waals surface area contributed by atoms with Gasteiger partial charge in [-0.1, -0.05) is 36.4 Å². The lowest BCUT2D eigenvalue weighted by Crippen LogP contribution is -1.91. The van der Waals surface area contributed by atoms with Crippen LogP contribution in [0, 0.1) is 0 Å². The predicted octanol–water partition coefficient (Wildman–Crippen LogP) is 2.99. The zero-order valence-electron chi connectivity index (χ0n) is 9.58. The van der Waals surface area contributed by atoms with E-state index in [1.807, 2.05) is 48.5 Å². The molecule has 0 aliphatic rings. The van der Waals surface area contributed by atoms with Crippen LogP contribution in [-0.2, 0) is 0 Å². The van der Waals surface area contributed by atoms with Gasteiger partial charge >= 0.3 is 0 Å². The van der Waals surface area contributed by atoms with Gasteiger partial charge in [0, 0.05) is 16.8 Å². The maximum Gasteiger partial charge on any atom is 0.248 e. The van der Waals surface area contributed by atoms with Gasteiger partial charge in [-0.05, 0) is 17.7 Å². The van der Waals surface area contributed by atoms with Crippen LogP contribution >= 0.6 is 0 Å². The second-order valence-electron chi connectivity index (χ2n) is 3.88. The summed E-state index contributed by atoms with van der Waals surface area (Å²) in [5.41, 5.74) is 9.57. The van der Waals surface area contributed by atoms with Crippen LogP contribution in [-0.4, -0.2) is 10.2 Å². The van der Waals surface area contributed by atoms with Crippen LogP contribution in [0.2, 0.25) is 0 Å². The molecule has 4 heteroatoms. The van der Waals surface area contributed by atoms with E-state index < -0.39 is 0 Å². The van der Waals surface area contributed by atoms with Gasteiger partial charge in [0.25, 0.3) is 0 Å². The van der Waals surface area contributed by atoms with E-state index in [0.717, 1.165) is 22.4 Å². The minimum atomic E-state index is 0.494. The van der Waals surface area contributed by atoms with Crippen molar-refractivity contribution in [3.63, 3.8) is 0 Å². The molecule has 0 spiro atoms. The molecule has 88 valence electrons. The van der Waals surface area contributed by atoms with Crippen LogP contribution in [0.4, 0.5) is 5.69 Å². The normalized spacial score (nSPS) is 10.4. The molecule has 1 heterocycles. The monoisotopic (exact) mass is 237 g/mol. The zero-order valence-corrected chi connectivity index (χ0v) is 9.58. The summed E-state index contributed by atoms with van der Waals surface area (Å²) < 4.78 is 5.26. The van der Waals surface area contributed by atoms with Gasteiger partial charge < -0.3 is 10.2 Å². The highest BCUT2D eigenvalue weighted by Gasteiger charge is 2.12. The summed E-state index contributed by atoms with van der Waals surface area (Å²) in [7, 11) is 0. The molecule has 0 saturated carbocycles. The van der Waals surface area contributed by atoms with E-state index in [0.29, 0.717) is 5.89 Å². The van der Waals surface area contributed by atoms with E-state index in [-0.39, 0.29) is 0 Å². The molecular formula is C14H11N3O. The fourth-order valence-electron chi connectivity index (χ4n) is 1.94. The standard InChI is InChI=1S/C14H11N3O/c15-13-8-4-3-6-11(13)10-5-1-2-7-12(10)14-17-16-9-18-14/h1-9H,15H2. The van der Waals surface area contributed by atoms with Crippen LogP contribution in [0.3, 0.4) is 0 Å². The molecule has 0 aliphatic carbocycles. The van der Waals surface area contributed by atoms with Crippen molar-refractivity contribution in [1.29, 1.82) is 0 Å². The SMILES string of the molecule is Nc1ccccc1-c1ccccc1-c1nnco1. The third kappa shape index (κ3) is 1.73. The smallest absolute Gasteiger partial charge is 0.248 e. The number of hydrogen-bond acceptors (Lipinski definition) is 4. The van der Waals surface area contributed by atoms with Crippen LogP contribution in [0.5, 0.6) is 0 Å². The van der Waals surface area contributed by atoms with Gasteiger partial charge in [0.05, 0.1) is 0 Å². The fourth-order valence-corrected chi connectivity index (χ4v) is 1.94. The van der Waals surface area contributed by atoms with Gasteiger partial charge in [-0.2, -0.15) is 0 Å². The van der Waals surface area contributed by atoms with E-state index >= 15 is 0 Å². The predicted molar refractivity (Wildman–Crippen MR) is 69.6 cm³/mol. The third-order valence-electron chi connectivity index (χ3n) is 2.77. The number of benzene rings is 2. The van der Waals surface area contributed by atoms with Crippen LogP contribution in [0.15, 0.2) is 59.3 Å². The Balaban J connectivity index is 2.22. The Morgan fingerprint density at radius 3 is 2.17 bits per heavy atom. The number of nitrogens with zero attached hydrogens (tertiary/aromatic N) is 2. The van der Waals surface area contributed by atoms with Crippen molar-refractivity contribution in [3.8, 4) is 22.6 Å². The number of nitrogens with two attached hydrogens (primary N) is 1. The van der Waals surface area contributed by atoms with Gasteiger partial charge in [-0.15, -0.1) is 10.2 Å². The Bertz CT molecular complexity index is 662. The molecule has 0 amide bonds. The van der Waals surface area contributed by atoms with Crippen molar-refractivity contribution in [2.24, 2.45) is 0 Å². The minimum Gasteiger partial charge on any atom is -0.423 e. The average Bonchev–Trinajstić information content (AvgIpc) is 2.93. The Morgan fingerprint density at radius 1 is 0.833 bits per heavy atom. The Kier molecular flexibility index (Phi) is 2.53. The molecule has 1 aromatic heterocycles. The van der Waals surface area contributed by atoms with Gasteiger partial charge in [-0.25, -0.2) is 0 Å². The molecule has 0 bridgehead atoms. The molecule has 3 aromatic rings. The lowest BCUT2D eigenvalue weighted by atomic mass is 9.98. The molecule has 0 unspecified atom stereocenters. The summed E-state index contributed by atoms with van der Waals surface area (Å²) in [6.07, 6.45) is 1.32. The summed E-state index contributed by atoms with van der Waals surface area (Å²) >= 11 is 0. The summed E-state index contributed by atoms with van der Waals surface area (Å²) in [6.45, 7) is 0. The molecule has 0 radical (unpaired) electrons. The van der Waals surface area contributed by atoms with Crippen LogP contribution in [0.1, 0.15) is 0 Å². The molecule has 0 saturated heterocycles. The van der Waals surface area contributed by atoms with E-state index in [9.17, 15) is 0 Å². The van der Waals surface area contributed by atoms with E-state index in [4.69, 9.17) is 10.2 Å². The topological polar surface area (TPSA) is 64.9 Å². The van der Waals surface area contributed by atoms with Crippen molar-refractivity contribution in [2.75, 3.05) is 5.73 Å². The molecule has 4 nitrogen and oxygen atoms in total. The van der Waals surface area contributed by atoms with E-state index in [1.54, 1.807) is 0 Å². The third-order valence-corrected chi connectivity index (χ3v) is 2.77. The van der Waals surface area contributed by atoms with Crippen molar-refractivity contribution >= 4 is 5.69 Å². The number of anilines is 1. The first kappa shape index (κ1) is 10.5. The minimum absolute atomic E-state index is 0.494. The lowest BCUT2D eigenvalue weighted by molar-refractivity contribution is 0.569. The summed E-state index contributed by atoms with van der Waals surface area (Å²) in [5.74, 6) is 0.494. The molecule has 3 rings (SSSR count). The largest absolute Gasteiger partial charge is 0.423 e. The van der Waals surface area contributed by atoms with Crippen LogP contribution in [0.25, 0.3) is 22.6 Å². The fraction of sp³-hybridized carbons (Fsp3) is 0. The summed E-state index contributed by atoms with van der Waals surface area (Å²) in [5, 5.41) is 7.65. The highest BCUT2D eigenvalue weighted by molar-refractivity contribution is 5.86. The quantitative estimate of drug-likeness (QED) is 0.696. The number of rotatable bonds is 2. The Labute approximate surface area is 104 Å². The first-order valence-corrected chi connectivity index (χ1v) is 5.57. The summed E-state index contributed by atoms with van der Waals surface area (Å²) in [6, 6.07) is 15.5. The maximum atomic E-state index is 6.01. The van der Waals surface area contributed by atoms with Crippen molar-refractivity contribution in [2.45, 2.75) is 0 Å². The van der Waals surface area contributed by atoms with Gasteiger partial charge in [0.1, 0.15) is 0 Å². The number of para-hydroxylation sites is 1. The molecule has 2 N–H and O–H groups in total. The van der Waals surface area contributed by atoms with Gasteiger partial charge in [0.15, 0.2) is 0 Å². The number of hydrogen-bond donors (Lipinski definition) is 1. The van der Waals surface area contributed by atoms with Gasteiger partial charge in [0.2, 0.25) is 12.3 Å². The molecular weight excluding hydrogens is 226 g/mol. The highest BCUT2D eigenvalue weighted by Crippen LogP contribution is 2.33. The maximum absolute atomic E-state index is 6.01. The van der Waals surface area contributed by atoms with E-state index in [2.05, 4.69) is 10.2 Å². The Morgan fingerprint density at radius 2 is 1.50 bits per heavy atom. The number of nitrogen functional groups attached to an aromatic ring is 1. The molecule has 0 fully saturated rings. The zero-order chi connectivity index (χ0) is 12.4. The number of aromatic nitrogens is 2. The van der Waals surface area contributed by atoms with Crippen LogP contribution < -0.4 is 5.73 Å². The highest BCUT2D eigenvalue weighted by atomic mass is 16.4. The average molecular weight is 237 g/mol.